The van der Waals surface area contributed by atoms with Crippen molar-refractivity contribution in [1.29, 1.82) is 0 Å². The first-order valence-corrected chi connectivity index (χ1v) is 5.94. The van der Waals surface area contributed by atoms with Crippen LogP contribution in [0, 0.1) is 0 Å². The van der Waals surface area contributed by atoms with E-state index in [2.05, 4.69) is 30.7 Å². The van der Waals surface area contributed by atoms with Crippen molar-refractivity contribution in [2.75, 3.05) is 0 Å². The van der Waals surface area contributed by atoms with Gasteiger partial charge in [-0.15, -0.1) is 0 Å². The molecule has 86 valence electrons. The number of rotatable bonds is 2. The van der Waals surface area contributed by atoms with Gasteiger partial charge in [0.15, 0.2) is 0 Å². The van der Waals surface area contributed by atoms with Crippen LogP contribution in [0.3, 0.4) is 0 Å². The molecule has 0 spiro atoms. The van der Waals surface area contributed by atoms with Gasteiger partial charge in [-0.3, -0.25) is 0 Å². The molecule has 0 saturated heterocycles. The Morgan fingerprint density at radius 2 is 1.94 bits per heavy atom. The minimum atomic E-state index is 0.00222. The zero-order valence-corrected chi connectivity index (χ0v) is 10.6. The molecule has 1 heterocycles. The monoisotopic (exact) mass is 236 g/mol. The summed E-state index contributed by atoms with van der Waals surface area (Å²) in [6, 6.07) is 6.40. The molecule has 0 amide bonds. The standard InChI is InChI=1S/C13H17ClN2/c1-8(2)16-7-10(9(3)15)13-11(14)5-4-6-12(13)16/h4-9H,15H2,1-3H3. The molecule has 0 fully saturated rings. The number of hydrogen-bond acceptors (Lipinski definition) is 1. The Kier molecular flexibility index (Phi) is 2.96. The van der Waals surface area contributed by atoms with Gasteiger partial charge >= 0.3 is 0 Å². The molecule has 2 aromatic rings. The summed E-state index contributed by atoms with van der Waals surface area (Å²) in [4.78, 5) is 0. The first kappa shape index (κ1) is 11.5. The van der Waals surface area contributed by atoms with Gasteiger partial charge in [0.2, 0.25) is 0 Å². The number of halogens is 1. The van der Waals surface area contributed by atoms with E-state index in [4.69, 9.17) is 17.3 Å². The predicted molar refractivity (Wildman–Crippen MR) is 69.9 cm³/mol. The summed E-state index contributed by atoms with van der Waals surface area (Å²) < 4.78 is 2.22. The van der Waals surface area contributed by atoms with Crippen molar-refractivity contribution < 1.29 is 0 Å². The smallest absolute Gasteiger partial charge is 0.0503 e. The lowest BCUT2D eigenvalue weighted by atomic mass is 10.1. The molecular formula is C13H17ClN2. The van der Waals surface area contributed by atoms with Crippen LogP contribution in [-0.4, -0.2) is 4.57 Å². The van der Waals surface area contributed by atoms with Gasteiger partial charge < -0.3 is 10.3 Å². The van der Waals surface area contributed by atoms with Gasteiger partial charge in [-0.1, -0.05) is 17.7 Å². The largest absolute Gasteiger partial charge is 0.345 e. The van der Waals surface area contributed by atoms with E-state index in [0.29, 0.717) is 6.04 Å². The topological polar surface area (TPSA) is 30.9 Å². The van der Waals surface area contributed by atoms with E-state index in [1.54, 1.807) is 0 Å². The maximum absolute atomic E-state index is 6.26. The van der Waals surface area contributed by atoms with Gasteiger partial charge in [0, 0.05) is 23.7 Å². The van der Waals surface area contributed by atoms with E-state index in [-0.39, 0.29) is 6.04 Å². The molecule has 0 aliphatic heterocycles. The molecule has 2 rings (SSSR count). The van der Waals surface area contributed by atoms with Crippen LogP contribution in [0.4, 0.5) is 0 Å². The Hall–Kier alpha value is -0.990. The summed E-state index contributed by atoms with van der Waals surface area (Å²) in [6.07, 6.45) is 2.12. The van der Waals surface area contributed by atoms with Crippen LogP contribution >= 0.6 is 11.6 Å². The predicted octanol–water partition coefficient (Wildman–Crippen LogP) is 3.90. The molecule has 0 aliphatic carbocycles. The minimum Gasteiger partial charge on any atom is -0.345 e. The highest BCUT2D eigenvalue weighted by molar-refractivity contribution is 6.35. The number of fused-ring (bicyclic) bond motifs is 1. The highest BCUT2D eigenvalue weighted by Gasteiger charge is 2.15. The maximum atomic E-state index is 6.26. The van der Waals surface area contributed by atoms with Gasteiger partial charge in [-0.2, -0.15) is 0 Å². The molecule has 0 radical (unpaired) electrons. The van der Waals surface area contributed by atoms with Crippen molar-refractivity contribution in [3.8, 4) is 0 Å². The summed E-state index contributed by atoms with van der Waals surface area (Å²) in [5, 5.41) is 1.87. The second kappa shape index (κ2) is 4.11. The van der Waals surface area contributed by atoms with E-state index < -0.39 is 0 Å². The van der Waals surface area contributed by atoms with Gasteiger partial charge in [0.1, 0.15) is 0 Å². The van der Waals surface area contributed by atoms with Crippen molar-refractivity contribution >= 4 is 22.5 Å². The lowest BCUT2D eigenvalue weighted by Gasteiger charge is -2.08. The molecule has 1 unspecified atom stereocenters. The van der Waals surface area contributed by atoms with E-state index in [0.717, 1.165) is 21.5 Å². The van der Waals surface area contributed by atoms with Gasteiger partial charge in [-0.05, 0) is 38.5 Å². The van der Waals surface area contributed by atoms with Crippen LogP contribution < -0.4 is 5.73 Å². The number of aromatic nitrogens is 1. The zero-order chi connectivity index (χ0) is 11.9. The first-order chi connectivity index (χ1) is 7.52. The summed E-state index contributed by atoms with van der Waals surface area (Å²) in [5.41, 5.74) is 8.27. The molecule has 2 N–H and O–H groups in total. The number of hydrogen-bond donors (Lipinski definition) is 1. The first-order valence-electron chi connectivity index (χ1n) is 5.57. The van der Waals surface area contributed by atoms with Crippen molar-refractivity contribution in [2.24, 2.45) is 5.73 Å². The van der Waals surface area contributed by atoms with Crippen LogP contribution in [0.2, 0.25) is 5.02 Å². The zero-order valence-electron chi connectivity index (χ0n) is 9.87. The Morgan fingerprint density at radius 1 is 1.25 bits per heavy atom. The second-order valence-electron chi connectivity index (χ2n) is 4.51. The molecule has 0 bridgehead atoms. The summed E-state index contributed by atoms with van der Waals surface area (Å²) >= 11 is 6.26. The molecule has 16 heavy (non-hydrogen) atoms. The van der Waals surface area contributed by atoms with Crippen molar-refractivity contribution in [1.82, 2.24) is 4.57 Å². The van der Waals surface area contributed by atoms with E-state index in [9.17, 15) is 0 Å². The molecule has 0 saturated carbocycles. The SMILES string of the molecule is CC(N)c1cn(C(C)C)c2cccc(Cl)c12. The quantitative estimate of drug-likeness (QED) is 0.843. The van der Waals surface area contributed by atoms with E-state index in [1.165, 1.54) is 0 Å². The van der Waals surface area contributed by atoms with Crippen molar-refractivity contribution in [3.05, 3.63) is 35.0 Å². The molecule has 3 heteroatoms. The summed E-state index contributed by atoms with van der Waals surface area (Å²) in [5.74, 6) is 0. The highest BCUT2D eigenvalue weighted by Crippen LogP contribution is 2.33. The third-order valence-electron chi connectivity index (χ3n) is 2.88. The highest BCUT2D eigenvalue weighted by atomic mass is 35.5. The molecule has 1 aromatic heterocycles. The van der Waals surface area contributed by atoms with Crippen LogP contribution in [-0.2, 0) is 0 Å². The summed E-state index contributed by atoms with van der Waals surface area (Å²) in [6.45, 7) is 6.30. The normalized spacial score (nSPS) is 13.6. The lowest BCUT2D eigenvalue weighted by Crippen LogP contribution is -2.04. The Balaban J connectivity index is 2.82. The maximum Gasteiger partial charge on any atom is 0.0503 e. The van der Waals surface area contributed by atoms with Crippen molar-refractivity contribution in [3.63, 3.8) is 0 Å². The fourth-order valence-electron chi connectivity index (χ4n) is 2.07. The molecule has 2 nitrogen and oxygen atoms in total. The van der Waals surface area contributed by atoms with Crippen molar-refractivity contribution in [2.45, 2.75) is 32.9 Å². The third kappa shape index (κ3) is 1.72. The molecule has 0 aliphatic rings. The van der Waals surface area contributed by atoms with Crippen LogP contribution in [0.15, 0.2) is 24.4 Å². The molecular weight excluding hydrogens is 220 g/mol. The van der Waals surface area contributed by atoms with Crippen LogP contribution in [0.25, 0.3) is 10.9 Å². The number of nitrogens with two attached hydrogens (primary N) is 1. The van der Waals surface area contributed by atoms with E-state index in [1.807, 2.05) is 19.1 Å². The van der Waals surface area contributed by atoms with Gasteiger partial charge in [-0.25, -0.2) is 0 Å². The van der Waals surface area contributed by atoms with Crippen LogP contribution in [0.1, 0.15) is 38.4 Å². The summed E-state index contributed by atoms with van der Waals surface area (Å²) in [7, 11) is 0. The number of benzene rings is 1. The Bertz CT molecular complexity index is 512. The second-order valence-corrected chi connectivity index (χ2v) is 4.92. The molecule has 1 atom stereocenters. The Morgan fingerprint density at radius 3 is 2.50 bits per heavy atom. The lowest BCUT2D eigenvalue weighted by molar-refractivity contribution is 0.618. The van der Waals surface area contributed by atoms with E-state index >= 15 is 0 Å². The minimum absolute atomic E-state index is 0.00222. The third-order valence-corrected chi connectivity index (χ3v) is 3.20. The number of nitrogens with zero attached hydrogens (tertiary/aromatic N) is 1. The molecule has 1 aromatic carbocycles. The fraction of sp³-hybridized carbons (Fsp3) is 0.385. The fourth-order valence-corrected chi connectivity index (χ4v) is 2.35. The average Bonchev–Trinajstić information content (AvgIpc) is 2.58. The van der Waals surface area contributed by atoms with Gasteiger partial charge in [0.25, 0.3) is 0 Å². The van der Waals surface area contributed by atoms with Crippen LogP contribution in [0.5, 0.6) is 0 Å². The Labute approximate surface area is 101 Å². The van der Waals surface area contributed by atoms with Gasteiger partial charge in [0.05, 0.1) is 10.5 Å². The average molecular weight is 237 g/mol.